The van der Waals surface area contributed by atoms with E-state index in [1.807, 2.05) is 18.7 Å². The Bertz CT molecular complexity index is 753. The fraction of sp³-hybridized carbons (Fsp3) is 0.545. The van der Waals surface area contributed by atoms with Crippen molar-refractivity contribution in [3.05, 3.63) is 52.8 Å². The first-order chi connectivity index (χ1) is 13.0. The first-order valence-electron chi connectivity index (χ1n) is 10.1. The van der Waals surface area contributed by atoms with Gasteiger partial charge in [-0.15, -0.1) is 0 Å². The van der Waals surface area contributed by atoms with Crippen LogP contribution in [0.15, 0.2) is 30.3 Å². The quantitative estimate of drug-likeness (QED) is 0.818. The van der Waals surface area contributed by atoms with E-state index in [-0.39, 0.29) is 11.9 Å². The van der Waals surface area contributed by atoms with Crippen LogP contribution in [0.2, 0.25) is 0 Å². The van der Waals surface area contributed by atoms with E-state index in [0.29, 0.717) is 6.42 Å². The summed E-state index contributed by atoms with van der Waals surface area (Å²) in [6.45, 7) is 7.24. The molecule has 0 bridgehead atoms. The fourth-order valence-corrected chi connectivity index (χ4v) is 4.03. The molecule has 1 N–H and O–H groups in total. The van der Waals surface area contributed by atoms with Crippen LogP contribution in [0.25, 0.3) is 0 Å². The Morgan fingerprint density at radius 2 is 2.00 bits per heavy atom. The number of piperidine rings is 1. The summed E-state index contributed by atoms with van der Waals surface area (Å²) in [5.74, 6) is 0.160. The minimum Gasteiger partial charge on any atom is -0.352 e. The molecule has 1 aromatic carbocycles. The number of aryl methyl sites for hydroxylation is 2. The zero-order chi connectivity index (χ0) is 19.2. The molecule has 1 amide bonds. The largest absolute Gasteiger partial charge is 0.352 e. The Morgan fingerprint density at radius 3 is 2.70 bits per heavy atom. The van der Waals surface area contributed by atoms with Crippen molar-refractivity contribution in [2.24, 2.45) is 7.05 Å². The average Bonchev–Trinajstić information content (AvgIpc) is 2.91. The third kappa shape index (κ3) is 5.42. The Labute approximate surface area is 162 Å². The van der Waals surface area contributed by atoms with Crippen LogP contribution in [0, 0.1) is 13.8 Å². The molecule has 1 aromatic heterocycles. The van der Waals surface area contributed by atoms with Gasteiger partial charge in [0.1, 0.15) is 0 Å². The third-order valence-electron chi connectivity index (χ3n) is 5.69. The summed E-state index contributed by atoms with van der Waals surface area (Å²) in [4.78, 5) is 14.9. The highest BCUT2D eigenvalue weighted by molar-refractivity contribution is 5.76. The van der Waals surface area contributed by atoms with Crippen molar-refractivity contribution in [3.63, 3.8) is 0 Å². The molecule has 0 radical (unpaired) electrons. The van der Waals surface area contributed by atoms with Crippen LogP contribution in [-0.4, -0.2) is 46.3 Å². The second kappa shape index (κ2) is 9.18. The maximum Gasteiger partial charge on any atom is 0.220 e. The lowest BCUT2D eigenvalue weighted by molar-refractivity contribution is -0.122. The summed E-state index contributed by atoms with van der Waals surface area (Å²) in [7, 11) is 1.96. The number of carbonyl (C=O) groups is 1. The lowest BCUT2D eigenvalue weighted by Gasteiger charge is -2.33. The Balaban J connectivity index is 1.43. The topological polar surface area (TPSA) is 50.2 Å². The van der Waals surface area contributed by atoms with Gasteiger partial charge in [0.05, 0.1) is 5.69 Å². The molecule has 5 nitrogen and oxygen atoms in total. The normalized spacial score (nSPS) is 17.8. The first-order valence-corrected chi connectivity index (χ1v) is 10.1. The number of nitrogens with zero attached hydrogens (tertiary/aromatic N) is 3. The van der Waals surface area contributed by atoms with E-state index < -0.39 is 0 Å². The molecule has 1 fully saturated rings. The first kappa shape index (κ1) is 19.6. The highest BCUT2D eigenvalue weighted by Gasteiger charge is 2.21. The molecular weight excluding hydrogens is 336 g/mol. The molecule has 27 heavy (non-hydrogen) atoms. The SMILES string of the molecule is Cc1nn(C)c(C)c1CCC(=O)NC1CCCN(CCc2ccccc2)C1. The molecule has 1 atom stereocenters. The average molecular weight is 369 g/mol. The van der Waals surface area contributed by atoms with E-state index in [1.54, 1.807) is 0 Å². The molecule has 5 heteroatoms. The Morgan fingerprint density at radius 1 is 1.22 bits per heavy atom. The number of likely N-dealkylation sites (tertiary alicyclic amines) is 1. The zero-order valence-electron chi connectivity index (χ0n) is 16.9. The van der Waals surface area contributed by atoms with E-state index in [9.17, 15) is 4.79 Å². The van der Waals surface area contributed by atoms with Crippen molar-refractivity contribution in [1.29, 1.82) is 0 Å². The zero-order valence-corrected chi connectivity index (χ0v) is 16.9. The predicted molar refractivity (Wildman–Crippen MR) is 109 cm³/mol. The van der Waals surface area contributed by atoms with Crippen molar-refractivity contribution < 1.29 is 4.79 Å². The molecule has 0 spiro atoms. The van der Waals surface area contributed by atoms with Crippen molar-refractivity contribution in [3.8, 4) is 0 Å². The van der Waals surface area contributed by atoms with Gasteiger partial charge in [-0.2, -0.15) is 5.10 Å². The standard InChI is InChI=1S/C22H32N4O/c1-17-21(18(2)25(3)24-17)11-12-22(27)23-20-10-7-14-26(16-20)15-13-19-8-5-4-6-9-19/h4-6,8-9,20H,7,10-16H2,1-3H3,(H,23,27). The van der Waals surface area contributed by atoms with Crippen LogP contribution in [0.1, 0.15) is 41.8 Å². The molecule has 0 aliphatic carbocycles. The summed E-state index contributed by atoms with van der Waals surface area (Å²) in [6, 6.07) is 10.9. The van der Waals surface area contributed by atoms with Crippen LogP contribution in [0.4, 0.5) is 0 Å². The number of rotatable bonds is 7. The summed E-state index contributed by atoms with van der Waals surface area (Å²) in [5.41, 5.74) is 4.78. The van der Waals surface area contributed by atoms with Crippen LogP contribution in [-0.2, 0) is 24.7 Å². The van der Waals surface area contributed by atoms with Gasteiger partial charge in [-0.3, -0.25) is 9.48 Å². The number of hydrogen-bond donors (Lipinski definition) is 1. The highest BCUT2D eigenvalue weighted by Crippen LogP contribution is 2.15. The molecular formula is C22H32N4O. The minimum atomic E-state index is 0.160. The van der Waals surface area contributed by atoms with Gasteiger partial charge in [0.2, 0.25) is 5.91 Å². The number of carbonyl (C=O) groups excluding carboxylic acids is 1. The van der Waals surface area contributed by atoms with Gasteiger partial charge in [0.15, 0.2) is 0 Å². The Kier molecular flexibility index (Phi) is 6.67. The van der Waals surface area contributed by atoms with E-state index in [2.05, 4.69) is 52.6 Å². The Hall–Kier alpha value is -2.14. The van der Waals surface area contributed by atoms with Crippen LogP contribution >= 0.6 is 0 Å². The van der Waals surface area contributed by atoms with Crippen LogP contribution in [0.5, 0.6) is 0 Å². The number of amides is 1. The van der Waals surface area contributed by atoms with Gasteiger partial charge in [-0.25, -0.2) is 0 Å². The molecule has 146 valence electrons. The van der Waals surface area contributed by atoms with Gasteiger partial charge in [0, 0.05) is 38.3 Å². The van der Waals surface area contributed by atoms with Crippen molar-refractivity contribution in [2.45, 2.75) is 52.0 Å². The van der Waals surface area contributed by atoms with Gasteiger partial charge >= 0.3 is 0 Å². The molecule has 1 unspecified atom stereocenters. The second-order valence-corrected chi connectivity index (χ2v) is 7.72. The van der Waals surface area contributed by atoms with Gasteiger partial charge in [-0.1, -0.05) is 30.3 Å². The number of hydrogen-bond acceptors (Lipinski definition) is 3. The number of nitrogens with one attached hydrogen (secondary N) is 1. The lowest BCUT2D eigenvalue weighted by atomic mass is 10.0. The number of benzene rings is 1. The molecule has 1 aliphatic heterocycles. The van der Waals surface area contributed by atoms with Crippen LogP contribution in [0.3, 0.4) is 0 Å². The monoisotopic (exact) mass is 368 g/mol. The van der Waals surface area contributed by atoms with E-state index in [0.717, 1.165) is 56.7 Å². The van der Waals surface area contributed by atoms with Gasteiger partial charge in [0.25, 0.3) is 0 Å². The molecule has 2 heterocycles. The van der Waals surface area contributed by atoms with Crippen molar-refractivity contribution in [1.82, 2.24) is 20.0 Å². The number of aromatic nitrogens is 2. The molecule has 1 aliphatic rings. The van der Waals surface area contributed by atoms with E-state index >= 15 is 0 Å². The molecule has 1 saturated heterocycles. The molecule has 0 saturated carbocycles. The lowest BCUT2D eigenvalue weighted by Crippen LogP contribution is -2.48. The molecule has 3 rings (SSSR count). The maximum absolute atomic E-state index is 12.4. The predicted octanol–water partition coefficient (Wildman–Crippen LogP) is 2.79. The minimum absolute atomic E-state index is 0.160. The highest BCUT2D eigenvalue weighted by atomic mass is 16.1. The summed E-state index contributed by atoms with van der Waals surface area (Å²) >= 11 is 0. The second-order valence-electron chi connectivity index (χ2n) is 7.72. The third-order valence-corrected chi connectivity index (χ3v) is 5.69. The van der Waals surface area contributed by atoms with Crippen LogP contribution < -0.4 is 5.32 Å². The van der Waals surface area contributed by atoms with E-state index in [4.69, 9.17) is 0 Å². The molecule has 2 aromatic rings. The summed E-state index contributed by atoms with van der Waals surface area (Å²) in [6.07, 6.45) is 4.61. The fourth-order valence-electron chi connectivity index (χ4n) is 4.03. The van der Waals surface area contributed by atoms with Crippen molar-refractivity contribution >= 4 is 5.91 Å². The smallest absolute Gasteiger partial charge is 0.220 e. The van der Waals surface area contributed by atoms with Gasteiger partial charge in [-0.05, 0) is 57.2 Å². The summed E-state index contributed by atoms with van der Waals surface area (Å²) < 4.78 is 1.90. The van der Waals surface area contributed by atoms with Crippen molar-refractivity contribution in [2.75, 3.05) is 19.6 Å². The summed E-state index contributed by atoms with van der Waals surface area (Å²) in [5, 5.41) is 7.69. The van der Waals surface area contributed by atoms with E-state index in [1.165, 1.54) is 11.1 Å². The maximum atomic E-state index is 12.4. The van der Waals surface area contributed by atoms with Gasteiger partial charge < -0.3 is 10.2 Å².